The molecule has 0 bridgehead atoms. The summed E-state index contributed by atoms with van der Waals surface area (Å²) < 4.78 is 8.45. The molecule has 6 nitrogen and oxygen atoms in total. The number of amides is 1. The molecule has 30 heavy (non-hydrogen) atoms. The molecule has 170 valence electrons. The van der Waals surface area contributed by atoms with Gasteiger partial charge in [0.05, 0.1) is 2.43 Å². The lowest BCUT2D eigenvalue weighted by molar-refractivity contribution is 0.0635. The molecular formula is C17H21Br2I5N4O2. The quantitative estimate of drug-likeness (QED) is 0.169. The summed E-state index contributed by atoms with van der Waals surface area (Å²) in [6, 6.07) is 10.7. The van der Waals surface area contributed by atoms with Crippen LogP contribution in [0.3, 0.4) is 0 Å². The van der Waals surface area contributed by atoms with E-state index < -0.39 is 11.7 Å². The summed E-state index contributed by atoms with van der Waals surface area (Å²) in [7, 11) is 0. The van der Waals surface area contributed by atoms with Gasteiger partial charge in [0.2, 0.25) is 0 Å². The Morgan fingerprint density at radius 2 is 1.50 bits per heavy atom. The lowest BCUT2D eigenvalue weighted by atomic mass is 10.2. The summed E-state index contributed by atoms with van der Waals surface area (Å²) in [5.74, 6) is 0.998. The molecule has 0 radical (unpaired) electrons. The Morgan fingerprint density at radius 3 is 1.83 bits per heavy atom. The zero-order valence-electron chi connectivity index (χ0n) is 16.2. The highest BCUT2D eigenvalue weighted by Gasteiger charge is 2.16. The number of alkyl halides is 5. The molecule has 0 aliphatic carbocycles. The van der Waals surface area contributed by atoms with Crippen LogP contribution >= 0.6 is 145 Å². The number of nitrogens with zero attached hydrogens (tertiary/aromatic N) is 2. The van der Waals surface area contributed by atoms with Crippen LogP contribution in [-0.2, 0) is 4.74 Å². The predicted octanol–water partition coefficient (Wildman–Crippen LogP) is 9.01. The van der Waals surface area contributed by atoms with Crippen molar-refractivity contribution in [1.82, 2.24) is 9.97 Å². The third kappa shape index (κ3) is 26.2. The molecule has 0 aliphatic rings. The average Bonchev–Trinajstić information content (AvgIpc) is 2.53. The van der Waals surface area contributed by atoms with Gasteiger partial charge in [-0.25, -0.2) is 14.8 Å². The van der Waals surface area contributed by atoms with Crippen LogP contribution in [0.5, 0.6) is 0 Å². The van der Waals surface area contributed by atoms with E-state index in [4.69, 9.17) is 10.5 Å². The number of nitrogens with one attached hydrogen (secondary N) is 1. The maximum Gasteiger partial charge on any atom is 0.413 e. The normalized spacial score (nSPS) is 9.70. The van der Waals surface area contributed by atoms with Crippen molar-refractivity contribution in [2.75, 3.05) is 13.5 Å². The molecule has 0 aliphatic heterocycles. The average molecular weight is 1110 g/mol. The highest BCUT2D eigenvalue weighted by Crippen LogP contribution is 2.16. The standard InChI is InChI=1S/C10H13BrN2O2.C5H5BrN2.CHI3.CH2I2/c1-10(2,3)15-9(14)13-8-6-4-5-7(11)12-8;6-4-2-1-3-5(7)8-4;2-1(3)4;2-1-3/h4-6H,1-3H3,(H,12,13,14);1-3H,(H2,7,8);1H;1H2. The lowest BCUT2D eigenvalue weighted by Gasteiger charge is -2.19. The molecule has 0 saturated carbocycles. The molecule has 0 fully saturated rings. The van der Waals surface area contributed by atoms with Crippen molar-refractivity contribution < 1.29 is 9.53 Å². The van der Waals surface area contributed by atoms with Gasteiger partial charge in [-0.1, -0.05) is 125 Å². The van der Waals surface area contributed by atoms with E-state index in [-0.39, 0.29) is 0 Å². The fourth-order valence-corrected chi connectivity index (χ4v) is 2.01. The summed E-state index contributed by atoms with van der Waals surface area (Å²) in [6.07, 6.45) is -0.506. The number of nitrogens with two attached hydrogens (primary N) is 1. The highest BCUT2D eigenvalue weighted by atomic mass is 127. The van der Waals surface area contributed by atoms with Gasteiger partial charge in [0.25, 0.3) is 0 Å². The van der Waals surface area contributed by atoms with Gasteiger partial charge >= 0.3 is 6.09 Å². The van der Waals surface area contributed by atoms with Gasteiger partial charge in [-0.15, -0.1) is 0 Å². The fourth-order valence-electron chi connectivity index (χ4n) is 1.31. The van der Waals surface area contributed by atoms with Crippen molar-refractivity contribution in [1.29, 1.82) is 0 Å². The number of carbonyl (C=O) groups excluding carboxylic acids is 1. The lowest BCUT2D eigenvalue weighted by Crippen LogP contribution is -2.27. The van der Waals surface area contributed by atoms with Gasteiger partial charge in [0, 0.05) is 0 Å². The third-order valence-electron chi connectivity index (χ3n) is 2.08. The van der Waals surface area contributed by atoms with E-state index in [9.17, 15) is 4.79 Å². The van der Waals surface area contributed by atoms with E-state index in [1.807, 2.05) is 12.1 Å². The molecule has 0 spiro atoms. The minimum Gasteiger partial charge on any atom is -0.444 e. The van der Waals surface area contributed by atoms with Gasteiger partial charge in [-0.2, -0.15) is 0 Å². The van der Waals surface area contributed by atoms with Crippen molar-refractivity contribution in [3.8, 4) is 0 Å². The first-order chi connectivity index (χ1) is 13.8. The van der Waals surface area contributed by atoms with Crippen molar-refractivity contribution in [2.24, 2.45) is 0 Å². The van der Waals surface area contributed by atoms with Crippen LogP contribution in [0.25, 0.3) is 0 Å². The Hall–Kier alpha value is 1.98. The van der Waals surface area contributed by atoms with Gasteiger partial charge in [-0.05, 0) is 76.9 Å². The summed E-state index contributed by atoms with van der Waals surface area (Å²) >= 11 is 17.9. The maximum atomic E-state index is 11.4. The summed E-state index contributed by atoms with van der Waals surface area (Å²) in [6.45, 7) is 5.42. The molecule has 2 heterocycles. The van der Waals surface area contributed by atoms with Crippen LogP contribution in [-0.4, -0.2) is 24.0 Å². The third-order valence-corrected chi connectivity index (χ3v) is 2.96. The number of carbonyl (C=O) groups is 1. The number of halogens is 7. The van der Waals surface area contributed by atoms with E-state index in [2.05, 4.69) is 160 Å². The first-order valence-electron chi connectivity index (χ1n) is 7.85. The van der Waals surface area contributed by atoms with Crippen molar-refractivity contribution in [2.45, 2.75) is 26.3 Å². The minimum absolute atomic E-state index is 0.457. The molecule has 0 atom stereocenters. The summed E-state index contributed by atoms with van der Waals surface area (Å²) in [5, 5.41) is 2.54. The molecule has 2 rings (SSSR count). The molecule has 2 aromatic heterocycles. The van der Waals surface area contributed by atoms with Gasteiger partial charge in [0.15, 0.2) is 0 Å². The Labute approximate surface area is 263 Å². The van der Waals surface area contributed by atoms with Crippen molar-refractivity contribution in [3.05, 3.63) is 45.6 Å². The van der Waals surface area contributed by atoms with Crippen LogP contribution in [0.2, 0.25) is 0 Å². The molecule has 0 unspecified atom stereocenters. The van der Waals surface area contributed by atoms with Crippen molar-refractivity contribution >= 4 is 163 Å². The first kappa shape index (κ1) is 34.1. The highest BCUT2D eigenvalue weighted by molar-refractivity contribution is 14.3. The smallest absolute Gasteiger partial charge is 0.413 e. The predicted molar refractivity (Wildman–Crippen MR) is 177 cm³/mol. The van der Waals surface area contributed by atoms with Gasteiger partial charge in [-0.3, -0.25) is 5.32 Å². The van der Waals surface area contributed by atoms with Crippen LogP contribution in [0.4, 0.5) is 16.4 Å². The molecule has 13 heteroatoms. The zero-order valence-corrected chi connectivity index (χ0v) is 30.1. The van der Waals surface area contributed by atoms with Crippen LogP contribution < -0.4 is 11.1 Å². The Morgan fingerprint density at radius 1 is 1.07 bits per heavy atom. The fraction of sp³-hybridized carbons (Fsp3) is 0.353. The van der Waals surface area contributed by atoms with Crippen LogP contribution in [0, 0.1) is 0 Å². The Bertz CT molecular complexity index is 717. The van der Waals surface area contributed by atoms with E-state index in [0.29, 0.717) is 16.2 Å². The first-order valence-corrected chi connectivity index (χ1v) is 16.2. The number of pyridine rings is 2. The number of nitrogen functional groups attached to an aromatic ring is 1. The number of anilines is 2. The Balaban J connectivity index is 0. The molecule has 2 aromatic rings. The topological polar surface area (TPSA) is 90.1 Å². The second-order valence-corrected chi connectivity index (χ2v) is 22.7. The molecule has 1 amide bonds. The molecule has 3 N–H and O–H groups in total. The van der Waals surface area contributed by atoms with Gasteiger partial charge < -0.3 is 10.5 Å². The molecular weight excluding hydrogens is 1090 g/mol. The number of hydrogen-bond donors (Lipinski definition) is 2. The second kappa shape index (κ2) is 20.4. The van der Waals surface area contributed by atoms with Crippen molar-refractivity contribution in [3.63, 3.8) is 0 Å². The SMILES string of the molecule is CC(C)(C)OC(=O)Nc1cccc(Br)n1.IC(I)I.ICI.Nc1cccc(Br)n1. The van der Waals surface area contributed by atoms with Gasteiger partial charge in [0.1, 0.15) is 26.4 Å². The number of hydrogen-bond acceptors (Lipinski definition) is 5. The van der Waals surface area contributed by atoms with E-state index in [1.165, 1.54) is 2.43 Å². The number of aromatic nitrogens is 2. The monoisotopic (exact) mass is 1110 g/mol. The van der Waals surface area contributed by atoms with E-state index in [1.54, 1.807) is 45.0 Å². The number of rotatable bonds is 1. The summed E-state index contributed by atoms with van der Waals surface area (Å²) in [5.41, 5.74) is 4.81. The van der Waals surface area contributed by atoms with Crippen LogP contribution in [0.1, 0.15) is 20.8 Å². The van der Waals surface area contributed by atoms with Crippen LogP contribution in [0.15, 0.2) is 45.6 Å². The maximum absolute atomic E-state index is 11.4. The second-order valence-electron chi connectivity index (χ2n) is 5.71. The summed E-state index contributed by atoms with van der Waals surface area (Å²) in [4.78, 5) is 19.3. The largest absolute Gasteiger partial charge is 0.444 e. The number of ether oxygens (including phenoxy) is 1. The Kier molecular flexibility index (Phi) is 23.2. The minimum atomic E-state index is -0.506. The molecule has 0 aromatic carbocycles. The zero-order chi connectivity index (χ0) is 23.7. The van der Waals surface area contributed by atoms with E-state index >= 15 is 0 Å². The molecule has 0 saturated heterocycles. The van der Waals surface area contributed by atoms with E-state index in [0.717, 1.165) is 4.54 Å².